The van der Waals surface area contributed by atoms with E-state index in [9.17, 15) is 0 Å². The van der Waals surface area contributed by atoms with Gasteiger partial charge in [-0.2, -0.15) is 0 Å². The van der Waals surface area contributed by atoms with Crippen molar-refractivity contribution in [3.8, 4) is 39.1 Å². The summed E-state index contributed by atoms with van der Waals surface area (Å²) in [6.45, 7) is 0. The molecule has 0 fully saturated rings. The van der Waals surface area contributed by atoms with Crippen LogP contribution in [0.1, 0.15) is 0 Å². The molecule has 0 saturated carbocycles. The number of aromatic nitrogens is 2. The molecule has 3 heterocycles. The monoisotopic (exact) mass is 867 g/mol. The molecule has 0 aliphatic carbocycles. The Labute approximate surface area is 392 Å². The Morgan fingerprint density at radius 3 is 1.60 bits per heavy atom. The van der Waals surface area contributed by atoms with Crippen LogP contribution >= 0.6 is 0 Å². The number of oxazole rings is 1. The molecule has 0 spiro atoms. The minimum atomic E-state index is 0.863. The van der Waals surface area contributed by atoms with E-state index < -0.39 is 0 Å². The molecule has 14 aromatic rings. The summed E-state index contributed by atoms with van der Waals surface area (Å²) >= 11 is 0. The van der Waals surface area contributed by atoms with Crippen molar-refractivity contribution in [2.24, 2.45) is 0 Å². The third-order valence-electron chi connectivity index (χ3n) is 13.9. The number of rotatable bonds is 7. The highest BCUT2D eigenvalue weighted by atomic mass is 16.3. The molecule has 4 nitrogen and oxygen atoms in total. The van der Waals surface area contributed by atoms with Crippen LogP contribution in [0.2, 0.25) is 0 Å². The van der Waals surface area contributed by atoms with Gasteiger partial charge in [-0.15, -0.1) is 0 Å². The molecule has 0 saturated heterocycles. The van der Waals surface area contributed by atoms with Crippen molar-refractivity contribution >= 4 is 88.1 Å². The number of hydrogen-bond donors (Lipinski definition) is 0. The van der Waals surface area contributed by atoms with Gasteiger partial charge in [0.05, 0.1) is 27.6 Å². The molecule has 0 unspecified atom stereocenters. The molecule has 0 radical (unpaired) electrons. The maximum atomic E-state index is 6.95. The van der Waals surface area contributed by atoms with Gasteiger partial charge in [-0.3, -0.25) is 4.40 Å². The fourth-order valence-electron chi connectivity index (χ4n) is 10.8. The molecule has 3 aromatic heterocycles. The summed E-state index contributed by atoms with van der Waals surface area (Å²) in [5.74, 6) is 0. The van der Waals surface area contributed by atoms with Gasteiger partial charge >= 0.3 is 0 Å². The van der Waals surface area contributed by atoms with Gasteiger partial charge in [0.15, 0.2) is 5.58 Å². The summed E-state index contributed by atoms with van der Waals surface area (Å²) in [6, 6.07) is 89.8. The quantitative estimate of drug-likeness (QED) is 0.149. The molecule has 14 rings (SSSR count). The smallest absolute Gasteiger partial charge is 0.213 e. The highest BCUT2D eigenvalue weighted by Gasteiger charge is 2.22. The Hall–Kier alpha value is -9.12. The summed E-state index contributed by atoms with van der Waals surface area (Å²) in [5, 5.41) is 8.46. The van der Waals surface area contributed by atoms with Gasteiger partial charge in [0.25, 0.3) is 0 Å². The third kappa shape index (κ3) is 5.94. The van der Waals surface area contributed by atoms with Gasteiger partial charge in [0.1, 0.15) is 0 Å². The second-order valence-corrected chi connectivity index (χ2v) is 17.7. The van der Waals surface area contributed by atoms with Crippen LogP contribution < -0.4 is 4.90 Å². The Bertz CT molecular complexity index is 4200. The zero-order valence-electron chi connectivity index (χ0n) is 36.9. The molecule has 318 valence electrons. The summed E-state index contributed by atoms with van der Waals surface area (Å²) in [7, 11) is 0. The van der Waals surface area contributed by atoms with E-state index >= 15 is 0 Å². The lowest BCUT2D eigenvalue weighted by Gasteiger charge is -2.27. The van der Waals surface area contributed by atoms with Crippen molar-refractivity contribution in [1.29, 1.82) is 0 Å². The van der Waals surface area contributed by atoms with Crippen LogP contribution in [0.25, 0.3) is 110 Å². The molecule has 0 N–H and O–H groups in total. The van der Waals surface area contributed by atoms with E-state index in [1.807, 2.05) is 0 Å². The van der Waals surface area contributed by atoms with Crippen LogP contribution in [0.3, 0.4) is 0 Å². The SMILES string of the molecule is c1ccc(-c2ccc(N(c3cccc(-n4c5ccccc5c5ccccc54)c3)c3ccc4c(ccc5cc(-c6cccc7c6oc6c(-c8ccccc8)c8ccccc8n67)ccc54)c3)cc2)cc1. The van der Waals surface area contributed by atoms with Crippen LogP contribution in [-0.2, 0) is 0 Å². The molecular weight excluding hydrogens is 827 g/mol. The van der Waals surface area contributed by atoms with Crippen LogP contribution in [0.5, 0.6) is 0 Å². The van der Waals surface area contributed by atoms with Crippen LogP contribution in [0.15, 0.2) is 253 Å². The highest BCUT2D eigenvalue weighted by molar-refractivity contribution is 6.12. The summed E-state index contributed by atoms with van der Waals surface area (Å²) < 4.78 is 11.6. The van der Waals surface area contributed by atoms with Crippen molar-refractivity contribution < 1.29 is 4.42 Å². The van der Waals surface area contributed by atoms with Crippen molar-refractivity contribution in [3.63, 3.8) is 0 Å². The van der Waals surface area contributed by atoms with Crippen molar-refractivity contribution in [1.82, 2.24) is 8.97 Å². The van der Waals surface area contributed by atoms with E-state index in [0.717, 1.165) is 67.3 Å². The predicted molar refractivity (Wildman–Crippen MR) is 285 cm³/mol. The van der Waals surface area contributed by atoms with Gasteiger partial charge < -0.3 is 13.9 Å². The molecular formula is C64H41N3O. The normalized spacial score (nSPS) is 11.8. The number of fused-ring (bicyclic) bond motifs is 11. The number of hydrogen-bond acceptors (Lipinski definition) is 2. The summed E-state index contributed by atoms with van der Waals surface area (Å²) in [5.41, 5.74) is 17.5. The molecule has 68 heavy (non-hydrogen) atoms. The maximum Gasteiger partial charge on any atom is 0.213 e. The van der Waals surface area contributed by atoms with Gasteiger partial charge in [-0.1, -0.05) is 176 Å². The predicted octanol–water partition coefficient (Wildman–Crippen LogP) is 17.7. The minimum absolute atomic E-state index is 0.863. The molecule has 11 aromatic carbocycles. The van der Waals surface area contributed by atoms with Crippen molar-refractivity contribution in [2.45, 2.75) is 0 Å². The fraction of sp³-hybridized carbons (Fsp3) is 0. The van der Waals surface area contributed by atoms with Gasteiger partial charge in [-0.05, 0) is 117 Å². The number of nitrogens with zero attached hydrogens (tertiary/aromatic N) is 3. The largest absolute Gasteiger partial charge is 0.437 e. The van der Waals surface area contributed by atoms with Crippen molar-refractivity contribution in [2.75, 3.05) is 4.90 Å². The first-order valence-corrected chi connectivity index (χ1v) is 23.2. The standard InChI is InChI=1S/C64H41N3O/c1-3-15-42(16-4-1)43-31-34-48(35-32-43)65(49-19-13-20-50(41-49)66-58-25-10-7-21-55(58)56-22-8-11-26-59(56)66)51-36-38-53-47(40-51)30-29-45-39-46(33-37-52(45)53)54-24-14-28-61-63(54)68-64-62(44-17-5-2-6-18-44)57-23-9-12-27-60(57)67(61)64/h1-41H. The number of para-hydroxylation sites is 4. The van der Waals surface area contributed by atoms with Gasteiger partial charge in [0.2, 0.25) is 5.71 Å². The van der Waals surface area contributed by atoms with E-state index in [2.05, 4.69) is 263 Å². The highest BCUT2D eigenvalue weighted by Crippen LogP contribution is 2.44. The van der Waals surface area contributed by atoms with Crippen LogP contribution in [0.4, 0.5) is 17.1 Å². The molecule has 4 heteroatoms. The lowest BCUT2D eigenvalue weighted by Crippen LogP contribution is -2.10. The Morgan fingerprint density at radius 1 is 0.324 bits per heavy atom. The summed E-state index contributed by atoms with van der Waals surface area (Å²) in [6.07, 6.45) is 0. The zero-order valence-corrected chi connectivity index (χ0v) is 36.9. The van der Waals surface area contributed by atoms with E-state index in [4.69, 9.17) is 4.42 Å². The minimum Gasteiger partial charge on any atom is -0.437 e. The second kappa shape index (κ2) is 15.2. The third-order valence-corrected chi connectivity index (χ3v) is 13.9. The maximum absolute atomic E-state index is 6.95. The Balaban J connectivity index is 0.887. The van der Waals surface area contributed by atoms with Crippen molar-refractivity contribution in [3.05, 3.63) is 249 Å². The molecule has 0 aliphatic rings. The summed E-state index contributed by atoms with van der Waals surface area (Å²) in [4.78, 5) is 2.39. The van der Waals surface area contributed by atoms with Gasteiger partial charge in [0, 0.05) is 44.5 Å². The molecule has 0 aliphatic heterocycles. The zero-order chi connectivity index (χ0) is 44.7. The first kappa shape index (κ1) is 38.2. The van der Waals surface area contributed by atoms with Crippen LogP contribution in [0, 0.1) is 0 Å². The van der Waals surface area contributed by atoms with E-state index in [0.29, 0.717) is 0 Å². The van der Waals surface area contributed by atoms with Gasteiger partial charge in [-0.25, -0.2) is 0 Å². The second-order valence-electron chi connectivity index (χ2n) is 17.7. The average molecular weight is 868 g/mol. The Kier molecular flexibility index (Phi) is 8.55. The molecule has 0 atom stereocenters. The van der Waals surface area contributed by atoms with E-state index in [1.54, 1.807) is 0 Å². The first-order chi connectivity index (χ1) is 33.7. The molecule has 0 amide bonds. The Morgan fingerprint density at radius 2 is 0.868 bits per heavy atom. The number of benzene rings is 11. The van der Waals surface area contributed by atoms with E-state index in [1.165, 1.54) is 59.9 Å². The number of anilines is 3. The lowest BCUT2D eigenvalue weighted by atomic mass is 9.96. The lowest BCUT2D eigenvalue weighted by molar-refractivity contribution is 0.659. The average Bonchev–Trinajstić information content (AvgIpc) is 4.06. The fourth-order valence-corrected chi connectivity index (χ4v) is 10.8. The van der Waals surface area contributed by atoms with E-state index in [-0.39, 0.29) is 0 Å². The topological polar surface area (TPSA) is 25.7 Å². The molecule has 0 bridgehead atoms. The first-order valence-electron chi connectivity index (χ1n) is 23.2. The van der Waals surface area contributed by atoms with Crippen LogP contribution in [-0.4, -0.2) is 8.97 Å².